The first-order valence-electron chi connectivity index (χ1n) is 3.72. The number of alkyl halides is 3. The molecule has 11 heteroatoms. The van der Waals surface area contributed by atoms with E-state index in [4.69, 9.17) is 0 Å². The van der Waals surface area contributed by atoms with Crippen molar-refractivity contribution in [1.82, 2.24) is 4.13 Å². The molecule has 0 radical (unpaired) electrons. The van der Waals surface area contributed by atoms with E-state index in [0.29, 0.717) is 4.13 Å². The third-order valence-electron chi connectivity index (χ3n) is 0.876. The molecule has 6 nitrogen and oxygen atoms in total. The molecule has 0 aliphatic rings. The maximum absolute atomic E-state index is 11.8. The van der Waals surface area contributed by atoms with Crippen molar-refractivity contribution in [3.05, 3.63) is 0 Å². The quantitative estimate of drug-likeness (QED) is 0.815. The molecule has 1 N–H and O–H groups in total. The van der Waals surface area contributed by atoms with E-state index in [1.165, 1.54) is 20.8 Å². The van der Waals surface area contributed by atoms with Crippen LogP contribution in [-0.4, -0.2) is 27.9 Å². The highest BCUT2D eigenvalue weighted by atomic mass is 32.3. The zero-order valence-electron chi connectivity index (χ0n) is 8.49. The summed E-state index contributed by atoms with van der Waals surface area (Å²) in [7, 11) is -11.0. The molecule has 0 aromatic carbocycles. The lowest BCUT2D eigenvalue weighted by Crippen LogP contribution is -2.43. The molecule has 0 spiro atoms. The van der Waals surface area contributed by atoms with Gasteiger partial charge in [-0.15, -0.1) is 0 Å². The monoisotopic (exact) mass is 285 g/mol. The van der Waals surface area contributed by atoms with E-state index in [-0.39, 0.29) is 0 Å². The predicted octanol–water partition coefficient (Wildman–Crippen LogP) is 0.485. The smallest absolute Gasteiger partial charge is 0.252 e. The van der Waals surface area contributed by atoms with Crippen LogP contribution < -0.4 is 4.13 Å². The Kier molecular flexibility index (Phi) is 4.03. The molecule has 98 valence electrons. The number of nitrogens with one attached hydrogen (secondary N) is 1. The maximum Gasteiger partial charge on any atom is 0.512 e. The van der Waals surface area contributed by atoms with Gasteiger partial charge < -0.3 is 0 Å². The first-order chi connectivity index (χ1) is 6.66. The zero-order chi connectivity index (χ0) is 13.4. The van der Waals surface area contributed by atoms with Crippen molar-refractivity contribution in [2.24, 2.45) is 0 Å². The second-order valence-electron chi connectivity index (χ2n) is 3.68. The topological polar surface area (TPSA) is 89.5 Å². The molecule has 0 rings (SSSR count). The van der Waals surface area contributed by atoms with Crippen LogP contribution in [0.15, 0.2) is 0 Å². The fraction of sp³-hybridized carbons (Fsp3) is 1.00. The van der Waals surface area contributed by atoms with E-state index in [1.807, 2.05) is 0 Å². The molecule has 0 aliphatic carbocycles. The van der Waals surface area contributed by atoms with Crippen molar-refractivity contribution in [2.45, 2.75) is 31.9 Å². The van der Waals surface area contributed by atoms with Gasteiger partial charge in [0, 0.05) is 0 Å². The van der Waals surface area contributed by atoms with Crippen LogP contribution in [0.3, 0.4) is 0 Å². The van der Waals surface area contributed by atoms with Crippen LogP contribution in [0, 0.1) is 0 Å². The van der Waals surface area contributed by atoms with Crippen LogP contribution in [0.4, 0.5) is 13.2 Å². The molecule has 0 heterocycles. The minimum atomic E-state index is -5.99. The van der Waals surface area contributed by atoms with Crippen molar-refractivity contribution in [2.75, 3.05) is 0 Å². The Bertz CT molecular complexity index is 443. The average Bonchev–Trinajstić information content (AvgIpc) is 1.72. The Morgan fingerprint density at radius 2 is 1.38 bits per heavy atom. The highest BCUT2D eigenvalue weighted by molar-refractivity contribution is 8.03. The second-order valence-corrected chi connectivity index (χ2v) is 6.89. The van der Waals surface area contributed by atoms with E-state index >= 15 is 0 Å². The van der Waals surface area contributed by atoms with Crippen LogP contribution in [0.1, 0.15) is 20.8 Å². The average molecular weight is 285 g/mol. The van der Waals surface area contributed by atoms with Gasteiger partial charge in [0.2, 0.25) is 0 Å². The number of hydrogen-bond donors (Lipinski definition) is 1. The van der Waals surface area contributed by atoms with E-state index in [9.17, 15) is 30.0 Å². The Morgan fingerprint density at radius 3 is 1.62 bits per heavy atom. The molecule has 0 amide bonds. The minimum Gasteiger partial charge on any atom is -0.252 e. The van der Waals surface area contributed by atoms with Gasteiger partial charge >= 0.3 is 25.8 Å². The number of halogens is 3. The molecule has 0 unspecified atom stereocenters. The predicted molar refractivity (Wildman–Crippen MR) is 47.9 cm³/mol. The van der Waals surface area contributed by atoms with Crippen molar-refractivity contribution in [3.8, 4) is 0 Å². The van der Waals surface area contributed by atoms with Crippen molar-refractivity contribution < 1.29 is 34.2 Å². The molecule has 16 heavy (non-hydrogen) atoms. The van der Waals surface area contributed by atoms with Crippen LogP contribution in [-0.2, 0) is 24.5 Å². The molecular weight excluding hydrogens is 275 g/mol. The summed E-state index contributed by atoms with van der Waals surface area (Å²) in [6.07, 6.45) is 0. The standard InChI is InChI=1S/C5H10F3NO5S2/c1-4(2,3)14-16(12,13)9-15(10,11)5(6,7)8/h9H,1-3H3. The molecular formula is C5H10F3NO5S2. The lowest BCUT2D eigenvalue weighted by Gasteiger charge is -2.19. The normalized spacial score (nSPS) is 15.1. The van der Waals surface area contributed by atoms with Crippen LogP contribution in [0.2, 0.25) is 0 Å². The van der Waals surface area contributed by atoms with Crippen molar-refractivity contribution in [1.29, 1.82) is 0 Å². The first-order valence-corrected chi connectivity index (χ1v) is 6.61. The third-order valence-corrected chi connectivity index (χ3v) is 3.90. The molecule has 0 bridgehead atoms. The third kappa shape index (κ3) is 5.09. The summed E-state index contributed by atoms with van der Waals surface area (Å²) in [6.45, 7) is 3.69. The van der Waals surface area contributed by atoms with Gasteiger partial charge in [-0.1, -0.05) is 4.13 Å². The number of hydrogen-bond acceptors (Lipinski definition) is 5. The van der Waals surface area contributed by atoms with E-state index in [0.717, 1.165) is 0 Å². The Hall–Kier alpha value is -0.390. The highest BCUT2D eigenvalue weighted by Crippen LogP contribution is 2.23. The van der Waals surface area contributed by atoms with Gasteiger partial charge in [-0.05, 0) is 20.8 Å². The van der Waals surface area contributed by atoms with Crippen LogP contribution in [0.5, 0.6) is 0 Å². The Morgan fingerprint density at radius 1 is 1.00 bits per heavy atom. The van der Waals surface area contributed by atoms with E-state index < -0.39 is 31.4 Å². The summed E-state index contributed by atoms with van der Waals surface area (Å²) >= 11 is 0. The maximum atomic E-state index is 11.8. The number of rotatable bonds is 3. The summed E-state index contributed by atoms with van der Waals surface area (Å²) in [5.41, 5.74) is -7.08. The number of sulfonamides is 1. The lowest BCUT2D eigenvalue weighted by molar-refractivity contribution is -0.0443. The van der Waals surface area contributed by atoms with E-state index in [2.05, 4.69) is 4.18 Å². The van der Waals surface area contributed by atoms with Gasteiger partial charge in [-0.2, -0.15) is 21.6 Å². The molecule has 0 saturated heterocycles. The van der Waals surface area contributed by atoms with Crippen molar-refractivity contribution in [3.63, 3.8) is 0 Å². The second kappa shape index (κ2) is 4.13. The van der Waals surface area contributed by atoms with Gasteiger partial charge in [0.25, 0.3) is 0 Å². The molecule has 0 aromatic heterocycles. The molecule has 0 atom stereocenters. The summed E-state index contributed by atoms with van der Waals surface area (Å²) in [5, 5.41) is 0. The van der Waals surface area contributed by atoms with Gasteiger partial charge in [0.15, 0.2) is 0 Å². The highest BCUT2D eigenvalue weighted by Gasteiger charge is 2.49. The fourth-order valence-corrected chi connectivity index (χ4v) is 2.77. The summed E-state index contributed by atoms with van der Waals surface area (Å²) in [4.78, 5) is 0. The lowest BCUT2D eigenvalue weighted by atomic mass is 10.2. The first kappa shape index (κ1) is 15.6. The Balaban J connectivity index is 5.03. The van der Waals surface area contributed by atoms with Gasteiger partial charge in [-0.25, -0.2) is 8.42 Å². The van der Waals surface area contributed by atoms with Crippen molar-refractivity contribution >= 4 is 20.3 Å². The van der Waals surface area contributed by atoms with Gasteiger partial charge in [0.05, 0.1) is 5.60 Å². The van der Waals surface area contributed by atoms with Gasteiger partial charge in [-0.3, -0.25) is 4.18 Å². The zero-order valence-corrected chi connectivity index (χ0v) is 10.1. The molecule has 0 fully saturated rings. The van der Waals surface area contributed by atoms with Crippen LogP contribution >= 0.6 is 0 Å². The molecule has 0 aliphatic heterocycles. The molecule has 0 aromatic rings. The SMILES string of the molecule is CC(C)(C)OS(=O)(=O)NS(=O)(=O)C(F)(F)F. The minimum absolute atomic E-state index is 0.426. The molecule has 0 saturated carbocycles. The fourth-order valence-electron chi connectivity index (χ4n) is 0.528. The summed E-state index contributed by atoms with van der Waals surface area (Å²) in [5.74, 6) is 0. The van der Waals surface area contributed by atoms with Crippen LogP contribution in [0.25, 0.3) is 0 Å². The summed E-state index contributed by atoms with van der Waals surface area (Å²) < 4.78 is 82.8. The summed E-state index contributed by atoms with van der Waals surface area (Å²) in [6, 6.07) is 0. The van der Waals surface area contributed by atoms with Gasteiger partial charge in [0.1, 0.15) is 0 Å². The largest absolute Gasteiger partial charge is 0.512 e. The van der Waals surface area contributed by atoms with E-state index in [1.54, 1.807) is 0 Å². The Labute approximate surface area is 91.1 Å².